The van der Waals surface area contributed by atoms with Crippen LogP contribution in [-0.4, -0.2) is 29.1 Å². The average molecular weight is 454 g/mol. The topological polar surface area (TPSA) is 52.6 Å². The minimum atomic E-state index is -0.866. The first-order valence-corrected chi connectivity index (χ1v) is 9.35. The quantitative estimate of drug-likeness (QED) is 0.690. The summed E-state index contributed by atoms with van der Waals surface area (Å²) in [6.45, 7) is 1.05. The summed E-state index contributed by atoms with van der Waals surface area (Å²) in [6.07, 6.45) is 1.06. The van der Waals surface area contributed by atoms with Crippen molar-refractivity contribution in [2.24, 2.45) is 0 Å². The predicted octanol–water partition coefficient (Wildman–Crippen LogP) is 4.73. The van der Waals surface area contributed by atoms with Gasteiger partial charge < -0.3 is 15.3 Å². The fraction of sp³-hybridized carbons (Fsp3) is 0.278. The van der Waals surface area contributed by atoms with Crippen LogP contribution in [0.25, 0.3) is 0 Å². The van der Waals surface area contributed by atoms with E-state index in [0.29, 0.717) is 25.9 Å². The second-order valence-electron chi connectivity index (χ2n) is 5.96. The second kappa shape index (κ2) is 7.25. The molecule has 4 nitrogen and oxygen atoms in total. The van der Waals surface area contributed by atoms with Gasteiger partial charge in [0.25, 0.3) is 0 Å². The molecular weight excluding hydrogens is 436 g/mol. The van der Waals surface area contributed by atoms with E-state index < -0.39 is 5.60 Å². The Morgan fingerprint density at radius 3 is 2.00 bits per heavy atom. The summed E-state index contributed by atoms with van der Waals surface area (Å²) in [7, 11) is 0. The number of nitrogens with one attached hydrogen (secondary N) is 1. The van der Waals surface area contributed by atoms with E-state index in [1.54, 1.807) is 4.90 Å². The lowest BCUT2D eigenvalue weighted by atomic mass is 9.84. The molecule has 6 heteroatoms. The first-order chi connectivity index (χ1) is 11.5. The molecule has 0 unspecified atom stereocenters. The van der Waals surface area contributed by atoms with Crippen molar-refractivity contribution < 1.29 is 9.90 Å². The molecule has 2 amide bonds. The molecule has 1 saturated heterocycles. The van der Waals surface area contributed by atoms with Crippen molar-refractivity contribution in [3.8, 4) is 0 Å². The van der Waals surface area contributed by atoms with Crippen molar-refractivity contribution >= 4 is 43.6 Å². The SMILES string of the molecule is O=C(Nc1ccc(Br)cc1)N1CCC(O)(c2ccc(Br)cc2)CC1. The summed E-state index contributed by atoms with van der Waals surface area (Å²) in [6, 6.07) is 15.1. The van der Waals surface area contributed by atoms with E-state index in [-0.39, 0.29) is 6.03 Å². The standard InChI is InChI=1S/C18H18Br2N2O2/c19-14-3-1-13(2-4-14)18(24)9-11-22(12-10-18)17(23)21-16-7-5-15(20)6-8-16/h1-8,24H,9-12H2,(H,21,23). The number of halogens is 2. The van der Waals surface area contributed by atoms with Crippen LogP contribution in [0.2, 0.25) is 0 Å². The van der Waals surface area contributed by atoms with Crippen LogP contribution < -0.4 is 5.32 Å². The summed E-state index contributed by atoms with van der Waals surface area (Å²) in [5.74, 6) is 0. The third-order valence-electron chi connectivity index (χ3n) is 4.35. The van der Waals surface area contributed by atoms with Gasteiger partial charge in [-0.15, -0.1) is 0 Å². The molecule has 0 aliphatic carbocycles. The van der Waals surface area contributed by atoms with Gasteiger partial charge in [0, 0.05) is 27.7 Å². The summed E-state index contributed by atoms with van der Waals surface area (Å²) in [5, 5.41) is 13.8. The molecule has 0 aromatic heterocycles. The van der Waals surface area contributed by atoms with Crippen molar-refractivity contribution in [1.82, 2.24) is 4.90 Å². The maximum absolute atomic E-state index is 12.4. The molecule has 1 aliphatic rings. The molecule has 2 aromatic rings. The molecule has 1 heterocycles. The molecule has 0 spiro atoms. The Morgan fingerprint density at radius 2 is 1.46 bits per heavy atom. The molecule has 1 fully saturated rings. The molecule has 126 valence electrons. The molecule has 2 aromatic carbocycles. The van der Waals surface area contributed by atoms with Crippen molar-refractivity contribution in [2.75, 3.05) is 18.4 Å². The highest BCUT2D eigenvalue weighted by Gasteiger charge is 2.35. The molecule has 0 bridgehead atoms. The number of amides is 2. The maximum Gasteiger partial charge on any atom is 0.321 e. The van der Waals surface area contributed by atoms with Gasteiger partial charge in [0.15, 0.2) is 0 Å². The zero-order valence-electron chi connectivity index (χ0n) is 13.0. The van der Waals surface area contributed by atoms with E-state index in [2.05, 4.69) is 37.2 Å². The lowest BCUT2D eigenvalue weighted by Gasteiger charge is -2.38. The number of likely N-dealkylation sites (tertiary alicyclic amines) is 1. The Bertz CT molecular complexity index is 709. The largest absolute Gasteiger partial charge is 0.385 e. The Morgan fingerprint density at radius 1 is 0.958 bits per heavy atom. The average Bonchev–Trinajstić information content (AvgIpc) is 2.58. The van der Waals surface area contributed by atoms with Crippen LogP contribution in [0.15, 0.2) is 57.5 Å². The zero-order valence-corrected chi connectivity index (χ0v) is 16.2. The third-order valence-corrected chi connectivity index (χ3v) is 5.41. The van der Waals surface area contributed by atoms with Gasteiger partial charge in [0.2, 0.25) is 0 Å². The maximum atomic E-state index is 12.4. The normalized spacial score (nSPS) is 16.7. The summed E-state index contributed by atoms with van der Waals surface area (Å²) in [5.41, 5.74) is 0.797. The Kier molecular flexibility index (Phi) is 5.27. The van der Waals surface area contributed by atoms with Gasteiger partial charge in [0.05, 0.1) is 5.60 Å². The number of carbonyl (C=O) groups excluding carboxylic acids is 1. The van der Waals surface area contributed by atoms with Crippen LogP contribution in [-0.2, 0) is 5.60 Å². The fourth-order valence-corrected chi connectivity index (χ4v) is 3.39. The number of benzene rings is 2. The lowest BCUT2D eigenvalue weighted by molar-refractivity contribution is -0.0157. The number of hydrogen-bond donors (Lipinski definition) is 2. The Balaban J connectivity index is 1.60. The monoisotopic (exact) mass is 452 g/mol. The van der Waals surface area contributed by atoms with E-state index in [1.807, 2.05) is 48.5 Å². The summed E-state index contributed by atoms with van der Waals surface area (Å²) in [4.78, 5) is 14.1. The predicted molar refractivity (Wildman–Crippen MR) is 102 cm³/mol. The van der Waals surface area contributed by atoms with Crippen LogP contribution in [0.3, 0.4) is 0 Å². The molecule has 0 radical (unpaired) electrons. The van der Waals surface area contributed by atoms with Crippen molar-refractivity contribution in [2.45, 2.75) is 18.4 Å². The van der Waals surface area contributed by atoms with Gasteiger partial charge in [-0.2, -0.15) is 0 Å². The first-order valence-electron chi connectivity index (χ1n) is 7.76. The van der Waals surface area contributed by atoms with Gasteiger partial charge in [0.1, 0.15) is 0 Å². The number of carbonyl (C=O) groups is 1. The Labute approximate surface area is 158 Å². The number of aliphatic hydroxyl groups is 1. The van der Waals surface area contributed by atoms with Crippen LogP contribution in [0, 0.1) is 0 Å². The van der Waals surface area contributed by atoms with Crippen LogP contribution in [0.5, 0.6) is 0 Å². The number of anilines is 1. The minimum absolute atomic E-state index is 0.129. The van der Waals surface area contributed by atoms with E-state index >= 15 is 0 Å². The number of nitrogens with zero attached hydrogens (tertiary/aromatic N) is 1. The molecule has 0 atom stereocenters. The first kappa shape index (κ1) is 17.5. The number of hydrogen-bond acceptors (Lipinski definition) is 2. The number of rotatable bonds is 2. The van der Waals surface area contributed by atoms with Crippen LogP contribution >= 0.6 is 31.9 Å². The molecule has 1 aliphatic heterocycles. The van der Waals surface area contributed by atoms with E-state index in [0.717, 1.165) is 20.2 Å². The molecule has 0 saturated carbocycles. The van der Waals surface area contributed by atoms with Gasteiger partial charge >= 0.3 is 6.03 Å². The third kappa shape index (κ3) is 3.99. The van der Waals surface area contributed by atoms with Crippen molar-refractivity contribution in [3.05, 3.63) is 63.0 Å². The number of urea groups is 1. The van der Waals surface area contributed by atoms with Gasteiger partial charge in [-0.3, -0.25) is 0 Å². The fourth-order valence-electron chi connectivity index (χ4n) is 2.86. The molecule has 3 rings (SSSR count). The Hall–Kier alpha value is -1.37. The van der Waals surface area contributed by atoms with E-state index in [9.17, 15) is 9.90 Å². The molecule has 2 N–H and O–H groups in total. The van der Waals surface area contributed by atoms with Gasteiger partial charge in [-0.05, 0) is 54.8 Å². The molecular formula is C18H18Br2N2O2. The molecule has 24 heavy (non-hydrogen) atoms. The van der Waals surface area contributed by atoms with Crippen molar-refractivity contribution in [3.63, 3.8) is 0 Å². The van der Waals surface area contributed by atoms with Crippen LogP contribution in [0.1, 0.15) is 18.4 Å². The lowest BCUT2D eigenvalue weighted by Crippen LogP contribution is -2.46. The van der Waals surface area contributed by atoms with Crippen LogP contribution in [0.4, 0.5) is 10.5 Å². The minimum Gasteiger partial charge on any atom is -0.385 e. The highest BCUT2D eigenvalue weighted by Crippen LogP contribution is 2.33. The highest BCUT2D eigenvalue weighted by atomic mass is 79.9. The summed E-state index contributed by atoms with van der Waals surface area (Å²) >= 11 is 6.78. The summed E-state index contributed by atoms with van der Waals surface area (Å²) < 4.78 is 1.96. The van der Waals surface area contributed by atoms with E-state index in [4.69, 9.17) is 0 Å². The zero-order chi connectivity index (χ0) is 17.2. The van der Waals surface area contributed by atoms with Crippen molar-refractivity contribution in [1.29, 1.82) is 0 Å². The highest BCUT2D eigenvalue weighted by molar-refractivity contribution is 9.10. The smallest absolute Gasteiger partial charge is 0.321 e. The number of piperidine rings is 1. The van der Waals surface area contributed by atoms with Gasteiger partial charge in [-0.1, -0.05) is 44.0 Å². The van der Waals surface area contributed by atoms with E-state index in [1.165, 1.54) is 0 Å². The van der Waals surface area contributed by atoms with Gasteiger partial charge in [-0.25, -0.2) is 4.79 Å². The second-order valence-corrected chi connectivity index (χ2v) is 7.79.